The number of rotatable bonds is 12. The largest absolute Gasteiger partial charge is 0.391 e. The van der Waals surface area contributed by atoms with Crippen molar-refractivity contribution in [3.8, 4) is 10.4 Å². The molecule has 12 heteroatoms. The van der Waals surface area contributed by atoms with Gasteiger partial charge in [0.1, 0.15) is 24.7 Å². The summed E-state index contributed by atoms with van der Waals surface area (Å²) in [6.07, 6.45) is -0.761. The number of ether oxygens (including phenoxy) is 1. The number of amides is 4. The topological polar surface area (TPSA) is 150 Å². The Morgan fingerprint density at radius 1 is 1.12 bits per heavy atom. The normalized spacial score (nSPS) is 19.0. The van der Waals surface area contributed by atoms with Gasteiger partial charge in [-0.2, -0.15) is 0 Å². The van der Waals surface area contributed by atoms with Crippen LogP contribution >= 0.6 is 11.3 Å². The molecule has 1 aromatic carbocycles. The molecule has 1 fully saturated rings. The number of benzene rings is 1. The number of carbonyl (C=O) groups excluding carboxylic acids is 4. The van der Waals surface area contributed by atoms with Crippen molar-refractivity contribution in [2.75, 3.05) is 20.3 Å². The van der Waals surface area contributed by atoms with Crippen LogP contribution in [0.3, 0.4) is 0 Å². The number of thiazole rings is 1. The van der Waals surface area contributed by atoms with E-state index in [0.717, 1.165) is 21.7 Å². The zero-order valence-electron chi connectivity index (χ0n) is 24.5. The molecule has 1 aliphatic rings. The van der Waals surface area contributed by atoms with Gasteiger partial charge in [0, 0.05) is 26.6 Å². The fourth-order valence-electron chi connectivity index (χ4n) is 4.75. The van der Waals surface area contributed by atoms with Gasteiger partial charge in [0.2, 0.25) is 23.6 Å². The van der Waals surface area contributed by atoms with E-state index in [9.17, 15) is 24.3 Å². The highest BCUT2D eigenvalue weighted by Gasteiger charge is 2.41. The van der Waals surface area contributed by atoms with Gasteiger partial charge in [-0.15, -0.1) is 11.3 Å². The molecule has 1 saturated heterocycles. The van der Waals surface area contributed by atoms with Crippen molar-refractivity contribution < 1.29 is 29.0 Å². The van der Waals surface area contributed by atoms with Crippen LogP contribution in [-0.2, 0) is 30.5 Å². The van der Waals surface area contributed by atoms with Crippen LogP contribution in [-0.4, -0.2) is 83.1 Å². The Morgan fingerprint density at radius 3 is 2.39 bits per heavy atom. The van der Waals surface area contributed by atoms with Gasteiger partial charge in [-0.05, 0) is 36.8 Å². The Morgan fingerprint density at radius 2 is 1.80 bits per heavy atom. The van der Waals surface area contributed by atoms with Crippen LogP contribution in [0.5, 0.6) is 0 Å². The summed E-state index contributed by atoms with van der Waals surface area (Å²) in [5, 5.41) is 18.6. The third-order valence-corrected chi connectivity index (χ3v) is 8.45. The summed E-state index contributed by atoms with van der Waals surface area (Å²) in [6.45, 7) is 9.26. The molecular formula is C29H41N5O6S. The fourth-order valence-corrected chi connectivity index (χ4v) is 5.56. The molecule has 4 amide bonds. The van der Waals surface area contributed by atoms with Crippen LogP contribution in [0.15, 0.2) is 29.8 Å². The molecule has 4 N–H and O–H groups in total. The lowest BCUT2D eigenvalue weighted by atomic mass is 9.89. The standard InChI is InChI=1S/C29H41N5O6S/c1-16(2)17(3)25(33-24(36)14-40-6)28(38)32-19(5)29(39)34-13-22(35)11-23(34)27(37)30-12-20-7-9-21(10-8-20)26-18(4)31-15-41-26/h7-10,15-17,19,22-23,25,35H,11-14H2,1-6H3,(H,30,37)(H,32,38)(H,33,36)/t17-,19+,22-,23+,25+/m1/s1. The van der Waals surface area contributed by atoms with Crippen molar-refractivity contribution in [3.05, 3.63) is 41.0 Å². The van der Waals surface area contributed by atoms with Gasteiger partial charge in [-0.3, -0.25) is 19.2 Å². The van der Waals surface area contributed by atoms with E-state index in [0.29, 0.717) is 0 Å². The number of aliphatic hydroxyl groups is 1. The van der Waals surface area contributed by atoms with Gasteiger partial charge in [-0.25, -0.2) is 4.98 Å². The monoisotopic (exact) mass is 587 g/mol. The first-order valence-corrected chi connectivity index (χ1v) is 14.6. The van der Waals surface area contributed by atoms with Crippen LogP contribution in [0, 0.1) is 18.8 Å². The first-order valence-electron chi connectivity index (χ1n) is 13.8. The van der Waals surface area contributed by atoms with Crippen LogP contribution in [0.25, 0.3) is 10.4 Å². The Bertz CT molecular complexity index is 1220. The molecule has 0 bridgehead atoms. The smallest absolute Gasteiger partial charge is 0.246 e. The number of carbonyl (C=O) groups is 4. The van der Waals surface area contributed by atoms with Crippen molar-refractivity contribution in [3.63, 3.8) is 0 Å². The first kappa shape index (κ1) is 32.2. The molecule has 0 unspecified atom stereocenters. The highest BCUT2D eigenvalue weighted by molar-refractivity contribution is 7.13. The predicted molar refractivity (Wildman–Crippen MR) is 156 cm³/mol. The number of aromatic nitrogens is 1. The van der Waals surface area contributed by atoms with Crippen LogP contribution in [0.2, 0.25) is 0 Å². The molecule has 5 atom stereocenters. The second-order valence-corrected chi connectivity index (χ2v) is 11.7. The van der Waals surface area contributed by atoms with Crippen molar-refractivity contribution in [1.82, 2.24) is 25.8 Å². The molecular weight excluding hydrogens is 546 g/mol. The molecule has 0 radical (unpaired) electrons. The van der Waals surface area contributed by atoms with Crippen LogP contribution < -0.4 is 16.0 Å². The molecule has 2 heterocycles. The van der Waals surface area contributed by atoms with E-state index >= 15 is 0 Å². The SMILES string of the molecule is COCC(=O)N[C@H](C(=O)N[C@@H](C)C(=O)N1C[C@H](O)C[C@H]1C(=O)NCc1ccc(-c2scnc2C)cc1)[C@H](C)C(C)C. The Balaban J connectivity index is 1.62. The number of hydrogen-bond acceptors (Lipinski definition) is 8. The van der Waals surface area contributed by atoms with Gasteiger partial charge in [0.15, 0.2) is 0 Å². The van der Waals surface area contributed by atoms with Crippen molar-refractivity contribution >= 4 is 35.0 Å². The number of β-amino-alcohol motifs (C(OH)–C–C–N with tert-alkyl or cyclic N) is 1. The van der Waals surface area contributed by atoms with Gasteiger partial charge in [0.25, 0.3) is 0 Å². The highest BCUT2D eigenvalue weighted by Crippen LogP contribution is 2.27. The first-order chi connectivity index (χ1) is 19.4. The number of aliphatic hydroxyl groups excluding tert-OH is 1. The Labute approximate surface area is 245 Å². The molecule has 3 rings (SSSR count). The van der Waals surface area contributed by atoms with E-state index in [2.05, 4.69) is 20.9 Å². The summed E-state index contributed by atoms with van der Waals surface area (Å²) in [7, 11) is 1.39. The number of hydrogen-bond donors (Lipinski definition) is 4. The molecule has 2 aromatic rings. The molecule has 11 nitrogen and oxygen atoms in total. The van der Waals surface area contributed by atoms with Crippen molar-refractivity contribution in [1.29, 1.82) is 0 Å². The van der Waals surface area contributed by atoms with Gasteiger partial charge in [-0.1, -0.05) is 45.0 Å². The highest BCUT2D eigenvalue weighted by atomic mass is 32.1. The number of aryl methyl sites for hydroxylation is 1. The van der Waals surface area contributed by atoms with Crippen LogP contribution in [0.4, 0.5) is 0 Å². The average Bonchev–Trinajstić information content (AvgIpc) is 3.55. The van der Waals surface area contributed by atoms with Crippen LogP contribution in [0.1, 0.15) is 45.4 Å². The molecule has 0 aliphatic carbocycles. The Hall–Kier alpha value is -3.35. The minimum atomic E-state index is -0.980. The second kappa shape index (κ2) is 14.5. The lowest BCUT2D eigenvalue weighted by Gasteiger charge is -2.30. The third-order valence-electron chi connectivity index (χ3n) is 7.47. The summed E-state index contributed by atoms with van der Waals surface area (Å²) in [5.41, 5.74) is 4.71. The van der Waals surface area contributed by atoms with Gasteiger partial charge < -0.3 is 30.7 Å². The minimum Gasteiger partial charge on any atom is -0.391 e. The number of nitrogens with zero attached hydrogens (tertiary/aromatic N) is 2. The number of likely N-dealkylation sites (tertiary alicyclic amines) is 1. The maximum atomic E-state index is 13.4. The van der Waals surface area contributed by atoms with Crippen molar-refractivity contribution in [2.45, 2.75) is 71.8 Å². The van der Waals surface area contributed by atoms with Crippen molar-refractivity contribution in [2.24, 2.45) is 11.8 Å². The molecule has 224 valence electrons. The number of methoxy groups -OCH3 is 1. The van der Waals surface area contributed by atoms with E-state index in [-0.39, 0.29) is 43.9 Å². The second-order valence-electron chi connectivity index (χ2n) is 10.9. The summed E-state index contributed by atoms with van der Waals surface area (Å²) < 4.78 is 4.86. The van der Waals surface area contributed by atoms with Gasteiger partial charge >= 0.3 is 0 Å². The summed E-state index contributed by atoms with van der Waals surface area (Å²) in [6, 6.07) is 5.09. The average molecular weight is 588 g/mol. The molecule has 41 heavy (non-hydrogen) atoms. The van der Waals surface area contributed by atoms with E-state index in [1.165, 1.54) is 18.9 Å². The van der Waals surface area contributed by atoms with E-state index < -0.39 is 42.0 Å². The summed E-state index contributed by atoms with van der Waals surface area (Å²) >= 11 is 1.57. The Kier molecular flexibility index (Phi) is 11.4. The lowest BCUT2D eigenvalue weighted by molar-refractivity contribution is -0.142. The molecule has 0 spiro atoms. The predicted octanol–water partition coefficient (Wildman–Crippen LogP) is 1.62. The third kappa shape index (κ3) is 8.34. The zero-order valence-corrected chi connectivity index (χ0v) is 25.3. The summed E-state index contributed by atoms with van der Waals surface area (Å²) in [5.74, 6) is -1.95. The van der Waals surface area contributed by atoms with E-state index in [1.54, 1.807) is 16.8 Å². The summed E-state index contributed by atoms with van der Waals surface area (Å²) in [4.78, 5) is 58.4. The lowest BCUT2D eigenvalue weighted by Crippen LogP contribution is -2.57. The molecule has 1 aliphatic heterocycles. The maximum absolute atomic E-state index is 13.4. The quantitative estimate of drug-likeness (QED) is 0.295. The number of nitrogens with one attached hydrogen (secondary N) is 3. The van der Waals surface area contributed by atoms with E-state index in [1.807, 2.05) is 52.0 Å². The zero-order chi connectivity index (χ0) is 30.3. The fraction of sp³-hybridized carbons (Fsp3) is 0.552. The molecule has 1 aromatic heterocycles. The van der Waals surface area contributed by atoms with Gasteiger partial charge in [0.05, 0.1) is 22.2 Å². The molecule has 0 saturated carbocycles. The van der Waals surface area contributed by atoms with E-state index in [4.69, 9.17) is 4.74 Å². The maximum Gasteiger partial charge on any atom is 0.246 e. The minimum absolute atomic E-state index is 0.0174.